The van der Waals surface area contributed by atoms with Crippen molar-refractivity contribution in [1.82, 2.24) is 10.3 Å². The molecule has 2 unspecified atom stereocenters. The minimum Gasteiger partial charge on any atom is -0.388 e. The number of hydrogen-bond acceptors (Lipinski definition) is 4. The number of rotatable bonds is 4. The Hall–Kier alpha value is -1.89. The van der Waals surface area contributed by atoms with E-state index in [0.717, 1.165) is 12.8 Å². The van der Waals surface area contributed by atoms with Crippen LogP contribution in [0.5, 0.6) is 0 Å². The van der Waals surface area contributed by atoms with Crippen LogP contribution in [0.4, 0.5) is 5.82 Å². The zero-order valence-electron chi connectivity index (χ0n) is 11.4. The van der Waals surface area contributed by atoms with Gasteiger partial charge in [-0.3, -0.25) is 4.79 Å². The molecule has 7 heteroatoms. The van der Waals surface area contributed by atoms with E-state index in [9.17, 15) is 20.0 Å². The van der Waals surface area contributed by atoms with Crippen LogP contribution in [0.15, 0.2) is 12.1 Å². The number of aromatic nitrogens is 1. The van der Waals surface area contributed by atoms with Crippen molar-refractivity contribution >= 4 is 11.7 Å². The maximum Gasteiger partial charge on any atom is 0.321 e. The van der Waals surface area contributed by atoms with E-state index in [4.69, 9.17) is 0 Å². The van der Waals surface area contributed by atoms with Crippen LogP contribution >= 0.6 is 0 Å². The standard InChI is InChI=1S/C13H19N3O4/c1-9-3-2-6-13(18,7-9)8-14-12(17)10-4-5-11(15-10)16(19)20/h4-5,9,15,18H,2-3,6-8H2,1H3,(H,14,17). The van der Waals surface area contributed by atoms with E-state index >= 15 is 0 Å². The molecule has 1 fully saturated rings. The van der Waals surface area contributed by atoms with E-state index in [1.807, 2.05) is 0 Å². The Kier molecular flexibility index (Phi) is 4.08. The molecule has 2 rings (SSSR count). The van der Waals surface area contributed by atoms with Crippen molar-refractivity contribution in [3.05, 3.63) is 27.9 Å². The first-order valence-corrected chi connectivity index (χ1v) is 6.74. The monoisotopic (exact) mass is 281 g/mol. The Bertz CT molecular complexity index is 513. The Morgan fingerprint density at radius 2 is 2.40 bits per heavy atom. The molecule has 1 aliphatic carbocycles. The first-order chi connectivity index (χ1) is 9.39. The first-order valence-electron chi connectivity index (χ1n) is 6.74. The fourth-order valence-electron chi connectivity index (χ4n) is 2.76. The normalized spacial score (nSPS) is 26.2. The highest BCUT2D eigenvalue weighted by Gasteiger charge is 2.33. The molecule has 1 amide bonds. The smallest absolute Gasteiger partial charge is 0.321 e. The Morgan fingerprint density at radius 3 is 3.00 bits per heavy atom. The summed E-state index contributed by atoms with van der Waals surface area (Å²) >= 11 is 0. The van der Waals surface area contributed by atoms with Crippen LogP contribution < -0.4 is 5.32 Å². The van der Waals surface area contributed by atoms with Crippen molar-refractivity contribution in [2.24, 2.45) is 5.92 Å². The summed E-state index contributed by atoms with van der Waals surface area (Å²) in [5.74, 6) is -0.220. The average Bonchev–Trinajstić information content (AvgIpc) is 2.85. The summed E-state index contributed by atoms with van der Waals surface area (Å²) in [6, 6.07) is 2.60. The van der Waals surface area contributed by atoms with Gasteiger partial charge in [-0.2, -0.15) is 0 Å². The molecule has 3 N–H and O–H groups in total. The van der Waals surface area contributed by atoms with Crippen LogP contribution in [0.1, 0.15) is 43.1 Å². The van der Waals surface area contributed by atoms with E-state index in [-0.39, 0.29) is 18.1 Å². The predicted octanol–water partition coefficient (Wildman–Crippen LogP) is 1.59. The molecule has 2 atom stereocenters. The van der Waals surface area contributed by atoms with E-state index < -0.39 is 16.4 Å². The van der Waals surface area contributed by atoms with Crippen LogP contribution in [0, 0.1) is 16.0 Å². The topological polar surface area (TPSA) is 108 Å². The van der Waals surface area contributed by atoms with Gasteiger partial charge in [-0.1, -0.05) is 19.8 Å². The molecule has 20 heavy (non-hydrogen) atoms. The third kappa shape index (κ3) is 3.36. The SMILES string of the molecule is CC1CCCC(O)(CNC(=O)c2ccc([N+](=O)[O-])[nH]2)C1. The van der Waals surface area contributed by atoms with E-state index in [1.54, 1.807) is 0 Å². The molecule has 1 aromatic rings. The number of nitro groups is 1. The molecule has 1 saturated carbocycles. The average molecular weight is 281 g/mol. The van der Waals surface area contributed by atoms with Gasteiger partial charge in [0.05, 0.1) is 5.60 Å². The number of aliphatic hydroxyl groups is 1. The highest BCUT2D eigenvalue weighted by molar-refractivity contribution is 5.92. The summed E-state index contributed by atoms with van der Waals surface area (Å²) < 4.78 is 0. The van der Waals surface area contributed by atoms with E-state index in [0.29, 0.717) is 18.8 Å². The lowest BCUT2D eigenvalue weighted by Gasteiger charge is -2.35. The number of hydrogen-bond donors (Lipinski definition) is 3. The van der Waals surface area contributed by atoms with Crippen molar-refractivity contribution in [2.75, 3.05) is 6.54 Å². The number of carbonyl (C=O) groups is 1. The molecule has 110 valence electrons. The quantitative estimate of drug-likeness (QED) is 0.575. The lowest BCUT2D eigenvalue weighted by molar-refractivity contribution is -0.389. The minimum atomic E-state index is -0.869. The molecule has 1 heterocycles. The molecule has 7 nitrogen and oxygen atoms in total. The number of aromatic amines is 1. The molecule has 0 aliphatic heterocycles. The summed E-state index contributed by atoms with van der Waals surface area (Å²) in [7, 11) is 0. The van der Waals surface area contributed by atoms with Crippen LogP contribution in [0.25, 0.3) is 0 Å². The molecule has 0 bridgehead atoms. The highest BCUT2D eigenvalue weighted by Crippen LogP contribution is 2.31. The van der Waals surface area contributed by atoms with Crippen LogP contribution in [-0.2, 0) is 0 Å². The maximum atomic E-state index is 11.9. The maximum absolute atomic E-state index is 11.9. The van der Waals surface area contributed by atoms with Crippen molar-refractivity contribution in [3.8, 4) is 0 Å². The van der Waals surface area contributed by atoms with Crippen LogP contribution in [-0.4, -0.2) is 33.1 Å². The molecular weight excluding hydrogens is 262 g/mol. The van der Waals surface area contributed by atoms with Gasteiger partial charge in [0.25, 0.3) is 5.91 Å². The molecule has 0 saturated heterocycles. The van der Waals surface area contributed by atoms with Gasteiger partial charge in [-0.15, -0.1) is 0 Å². The predicted molar refractivity (Wildman–Crippen MR) is 72.4 cm³/mol. The fraction of sp³-hybridized carbons (Fsp3) is 0.615. The Balaban J connectivity index is 1.92. The van der Waals surface area contributed by atoms with Gasteiger partial charge in [0.15, 0.2) is 5.69 Å². The number of nitrogens with one attached hydrogen (secondary N) is 2. The number of nitrogens with zero attached hydrogens (tertiary/aromatic N) is 1. The number of carbonyl (C=O) groups excluding carboxylic acids is 1. The third-order valence-electron chi connectivity index (χ3n) is 3.76. The van der Waals surface area contributed by atoms with Gasteiger partial charge < -0.3 is 20.5 Å². The van der Waals surface area contributed by atoms with Gasteiger partial charge in [-0.25, -0.2) is 4.98 Å². The Labute approximate surface area is 116 Å². The lowest BCUT2D eigenvalue weighted by Crippen LogP contribution is -2.45. The fourth-order valence-corrected chi connectivity index (χ4v) is 2.76. The van der Waals surface area contributed by atoms with Crippen molar-refractivity contribution in [1.29, 1.82) is 0 Å². The van der Waals surface area contributed by atoms with Gasteiger partial charge in [-0.05, 0) is 29.7 Å². The van der Waals surface area contributed by atoms with Crippen molar-refractivity contribution < 1.29 is 14.8 Å². The van der Waals surface area contributed by atoms with Crippen molar-refractivity contribution in [3.63, 3.8) is 0 Å². The van der Waals surface area contributed by atoms with Crippen LogP contribution in [0.3, 0.4) is 0 Å². The summed E-state index contributed by atoms with van der Waals surface area (Å²) in [6.45, 7) is 2.25. The second-order valence-electron chi connectivity index (χ2n) is 5.62. The lowest BCUT2D eigenvalue weighted by atomic mass is 9.79. The molecular formula is C13H19N3O4. The highest BCUT2D eigenvalue weighted by atomic mass is 16.6. The molecule has 0 spiro atoms. The zero-order chi connectivity index (χ0) is 14.8. The minimum absolute atomic E-state index is 0.129. The van der Waals surface area contributed by atoms with Crippen LogP contribution in [0.2, 0.25) is 0 Å². The van der Waals surface area contributed by atoms with Gasteiger partial charge in [0.1, 0.15) is 0 Å². The number of H-pyrrole nitrogens is 1. The zero-order valence-corrected chi connectivity index (χ0v) is 11.4. The molecule has 0 aromatic carbocycles. The number of amides is 1. The van der Waals surface area contributed by atoms with E-state index in [1.165, 1.54) is 12.1 Å². The third-order valence-corrected chi connectivity index (χ3v) is 3.76. The molecule has 1 aromatic heterocycles. The summed E-state index contributed by atoms with van der Waals surface area (Å²) in [5.41, 5.74) is -0.740. The summed E-state index contributed by atoms with van der Waals surface area (Å²) in [4.78, 5) is 24.2. The van der Waals surface area contributed by atoms with Gasteiger partial charge in [0, 0.05) is 12.6 Å². The largest absolute Gasteiger partial charge is 0.388 e. The van der Waals surface area contributed by atoms with Crippen molar-refractivity contribution in [2.45, 2.75) is 38.2 Å². The summed E-state index contributed by atoms with van der Waals surface area (Å²) in [5, 5.41) is 23.6. The van der Waals surface area contributed by atoms with E-state index in [2.05, 4.69) is 17.2 Å². The second-order valence-corrected chi connectivity index (χ2v) is 5.62. The Morgan fingerprint density at radius 1 is 1.65 bits per heavy atom. The first kappa shape index (κ1) is 14.5. The van der Waals surface area contributed by atoms with Gasteiger partial charge in [0.2, 0.25) is 0 Å². The summed E-state index contributed by atoms with van der Waals surface area (Å²) in [6.07, 6.45) is 3.38. The van der Waals surface area contributed by atoms with Gasteiger partial charge >= 0.3 is 5.82 Å². The molecule has 1 aliphatic rings. The second kappa shape index (κ2) is 5.62. The molecule has 0 radical (unpaired) electrons.